The molecule has 1 atom stereocenters. The highest BCUT2D eigenvalue weighted by atomic mass is 16.5. The predicted molar refractivity (Wildman–Crippen MR) is 75.0 cm³/mol. The van der Waals surface area contributed by atoms with Crippen molar-refractivity contribution in [2.24, 2.45) is 7.05 Å². The van der Waals surface area contributed by atoms with Crippen LogP contribution in [0.2, 0.25) is 0 Å². The highest BCUT2D eigenvalue weighted by molar-refractivity contribution is 5.01. The summed E-state index contributed by atoms with van der Waals surface area (Å²) >= 11 is 0. The van der Waals surface area contributed by atoms with E-state index >= 15 is 0 Å². The lowest BCUT2D eigenvalue weighted by Gasteiger charge is -2.41. The van der Waals surface area contributed by atoms with Gasteiger partial charge in [0, 0.05) is 25.5 Å². The molecule has 0 bridgehead atoms. The summed E-state index contributed by atoms with van der Waals surface area (Å²) in [5.74, 6) is 0. The summed E-state index contributed by atoms with van der Waals surface area (Å²) in [6.07, 6.45) is 8.63. The van der Waals surface area contributed by atoms with Crippen molar-refractivity contribution in [2.45, 2.75) is 63.6 Å². The second-order valence-corrected chi connectivity index (χ2v) is 5.56. The smallest absolute Gasteiger partial charge is 0.0940 e. The highest BCUT2D eigenvalue weighted by Gasteiger charge is 2.39. The number of rotatable bonds is 6. The van der Waals surface area contributed by atoms with Gasteiger partial charge in [0.15, 0.2) is 0 Å². The largest absolute Gasteiger partial charge is 0.390 e. The van der Waals surface area contributed by atoms with Crippen molar-refractivity contribution < 1.29 is 9.84 Å². The van der Waals surface area contributed by atoms with Crippen LogP contribution in [0.3, 0.4) is 0 Å². The van der Waals surface area contributed by atoms with Crippen LogP contribution in [0.4, 0.5) is 0 Å². The number of ether oxygens (including phenoxy) is 1. The molecule has 1 aliphatic rings. The molecule has 1 aromatic heterocycles. The molecule has 19 heavy (non-hydrogen) atoms. The number of aromatic nitrogens is 2. The SMILES string of the molecule is CCOC1(C(O)CCc2ccnn2C)CCCCC1. The van der Waals surface area contributed by atoms with Gasteiger partial charge in [0.05, 0.1) is 11.7 Å². The predicted octanol–water partition coefficient (Wildman–Crippen LogP) is 2.45. The highest BCUT2D eigenvalue weighted by Crippen LogP contribution is 2.36. The fraction of sp³-hybridized carbons (Fsp3) is 0.800. The molecule has 0 aromatic carbocycles. The minimum Gasteiger partial charge on any atom is -0.390 e. The van der Waals surface area contributed by atoms with E-state index in [2.05, 4.69) is 5.10 Å². The Morgan fingerprint density at radius 1 is 1.42 bits per heavy atom. The molecule has 0 radical (unpaired) electrons. The Morgan fingerprint density at radius 3 is 2.74 bits per heavy atom. The maximum atomic E-state index is 10.6. The lowest BCUT2D eigenvalue weighted by molar-refractivity contribution is -0.141. The van der Waals surface area contributed by atoms with Gasteiger partial charge in [-0.1, -0.05) is 19.3 Å². The molecule has 1 N–H and O–H groups in total. The van der Waals surface area contributed by atoms with Gasteiger partial charge in [-0.3, -0.25) is 4.68 Å². The molecule has 4 heteroatoms. The first kappa shape index (κ1) is 14.5. The lowest BCUT2D eigenvalue weighted by Crippen LogP contribution is -2.46. The van der Waals surface area contributed by atoms with Crippen molar-refractivity contribution in [3.63, 3.8) is 0 Å². The first-order valence-corrected chi connectivity index (χ1v) is 7.47. The number of aliphatic hydroxyl groups is 1. The van der Waals surface area contributed by atoms with E-state index in [4.69, 9.17) is 4.74 Å². The number of hydrogen-bond acceptors (Lipinski definition) is 3. The summed E-state index contributed by atoms with van der Waals surface area (Å²) in [5, 5.41) is 14.8. The molecule has 1 fully saturated rings. The van der Waals surface area contributed by atoms with Crippen LogP contribution >= 0.6 is 0 Å². The molecule has 108 valence electrons. The van der Waals surface area contributed by atoms with Crippen LogP contribution < -0.4 is 0 Å². The van der Waals surface area contributed by atoms with Gasteiger partial charge in [0.1, 0.15) is 0 Å². The number of nitrogens with zero attached hydrogens (tertiary/aromatic N) is 2. The molecular formula is C15H26N2O2. The molecule has 1 heterocycles. The molecule has 0 spiro atoms. The van der Waals surface area contributed by atoms with Crippen LogP contribution in [0.25, 0.3) is 0 Å². The summed E-state index contributed by atoms with van der Waals surface area (Å²) in [7, 11) is 1.95. The quantitative estimate of drug-likeness (QED) is 0.860. The zero-order chi connectivity index (χ0) is 13.7. The van der Waals surface area contributed by atoms with Gasteiger partial charge in [-0.25, -0.2) is 0 Å². The Balaban J connectivity index is 1.95. The van der Waals surface area contributed by atoms with Crippen molar-refractivity contribution >= 4 is 0 Å². The number of aliphatic hydroxyl groups excluding tert-OH is 1. The molecule has 0 saturated heterocycles. The van der Waals surface area contributed by atoms with Crippen LogP contribution in [0.15, 0.2) is 12.3 Å². The first-order chi connectivity index (χ1) is 9.18. The van der Waals surface area contributed by atoms with Gasteiger partial charge in [0.2, 0.25) is 0 Å². The maximum Gasteiger partial charge on any atom is 0.0940 e. The Hall–Kier alpha value is -0.870. The van der Waals surface area contributed by atoms with Crippen molar-refractivity contribution in [3.05, 3.63) is 18.0 Å². The van der Waals surface area contributed by atoms with E-state index in [9.17, 15) is 5.11 Å². The molecule has 0 aliphatic heterocycles. The minimum atomic E-state index is -0.373. The summed E-state index contributed by atoms with van der Waals surface area (Å²) in [6.45, 7) is 2.70. The maximum absolute atomic E-state index is 10.6. The van der Waals surface area contributed by atoms with E-state index in [0.29, 0.717) is 6.61 Å². The zero-order valence-electron chi connectivity index (χ0n) is 12.1. The molecule has 1 saturated carbocycles. The molecule has 4 nitrogen and oxygen atoms in total. The number of aryl methyl sites for hydroxylation is 2. The third-order valence-electron chi connectivity index (χ3n) is 4.34. The van der Waals surface area contributed by atoms with E-state index < -0.39 is 0 Å². The molecule has 1 aliphatic carbocycles. The van der Waals surface area contributed by atoms with Crippen molar-refractivity contribution in [1.82, 2.24) is 9.78 Å². The van der Waals surface area contributed by atoms with Gasteiger partial charge in [-0.15, -0.1) is 0 Å². The fourth-order valence-electron chi connectivity index (χ4n) is 3.21. The van der Waals surface area contributed by atoms with Crippen molar-refractivity contribution in [3.8, 4) is 0 Å². The second-order valence-electron chi connectivity index (χ2n) is 5.56. The van der Waals surface area contributed by atoms with Gasteiger partial charge in [-0.2, -0.15) is 5.10 Å². The second kappa shape index (κ2) is 6.53. The summed E-state index contributed by atoms with van der Waals surface area (Å²) < 4.78 is 7.84. The van der Waals surface area contributed by atoms with Crippen molar-refractivity contribution in [2.75, 3.05) is 6.61 Å². The Labute approximate surface area is 115 Å². The third-order valence-corrected chi connectivity index (χ3v) is 4.34. The molecular weight excluding hydrogens is 240 g/mol. The van der Waals surface area contributed by atoms with E-state index in [1.54, 1.807) is 6.20 Å². The standard InChI is InChI=1S/C15H26N2O2/c1-3-19-15(10-5-4-6-11-15)14(18)8-7-13-9-12-16-17(13)2/h9,12,14,18H,3-8,10-11H2,1-2H3. The average molecular weight is 266 g/mol. The topological polar surface area (TPSA) is 47.3 Å². The Morgan fingerprint density at radius 2 is 2.16 bits per heavy atom. The van der Waals surface area contributed by atoms with E-state index in [-0.39, 0.29) is 11.7 Å². The molecule has 0 amide bonds. The van der Waals surface area contributed by atoms with Gasteiger partial charge >= 0.3 is 0 Å². The molecule has 1 unspecified atom stereocenters. The van der Waals surface area contributed by atoms with Crippen LogP contribution in [0.1, 0.15) is 51.1 Å². The van der Waals surface area contributed by atoms with Gasteiger partial charge in [0.25, 0.3) is 0 Å². The molecule has 2 rings (SSSR count). The van der Waals surface area contributed by atoms with Crippen LogP contribution in [-0.2, 0) is 18.2 Å². The Bertz CT molecular complexity index is 378. The van der Waals surface area contributed by atoms with Crippen LogP contribution in [-0.4, -0.2) is 33.2 Å². The average Bonchev–Trinajstić information content (AvgIpc) is 2.83. The minimum absolute atomic E-state index is 0.300. The zero-order valence-corrected chi connectivity index (χ0v) is 12.1. The first-order valence-electron chi connectivity index (χ1n) is 7.47. The van der Waals surface area contributed by atoms with Crippen molar-refractivity contribution in [1.29, 1.82) is 0 Å². The Kier molecular flexibility index (Phi) is 4.99. The molecule has 1 aromatic rings. The van der Waals surface area contributed by atoms with Gasteiger partial charge < -0.3 is 9.84 Å². The van der Waals surface area contributed by atoms with E-state index in [1.807, 2.05) is 24.7 Å². The van der Waals surface area contributed by atoms with Crippen LogP contribution in [0, 0.1) is 0 Å². The lowest BCUT2D eigenvalue weighted by atomic mass is 9.79. The normalized spacial score (nSPS) is 20.4. The summed E-state index contributed by atoms with van der Waals surface area (Å²) in [4.78, 5) is 0. The van der Waals surface area contributed by atoms with E-state index in [1.165, 1.54) is 25.0 Å². The monoisotopic (exact) mass is 266 g/mol. The summed E-state index contributed by atoms with van der Waals surface area (Å²) in [6, 6.07) is 2.01. The number of hydrogen-bond donors (Lipinski definition) is 1. The van der Waals surface area contributed by atoms with Crippen LogP contribution in [0.5, 0.6) is 0 Å². The third kappa shape index (κ3) is 3.37. The van der Waals surface area contributed by atoms with E-state index in [0.717, 1.165) is 25.7 Å². The fourth-order valence-corrected chi connectivity index (χ4v) is 3.21. The van der Waals surface area contributed by atoms with Gasteiger partial charge in [-0.05, 0) is 38.7 Å². The summed E-state index contributed by atoms with van der Waals surface area (Å²) in [5.41, 5.74) is 0.868.